The first-order chi connectivity index (χ1) is 18.2. The molecule has 8 heteroatoms. The predicted octanol–water partition coefficient (Wildman–Crippen LogP) is 3.56. The Labute approximate surface area is 225 Å². The zero-order valence-electron chi connectivity index (χ0n) is 22.9. The number of hydrogen-bond acceptors (Lipinski definition) is 6. The number of imidazole rings is 1. The van der Waals surface area contributed by atoms with Gasteiger partial charge in [-0.3, -0.25) is 0 Å². The molecule has 198 valence electrons. The number of aromatic nitrogens is 4. The van der Waals surface area contributed by atoms with Crippen LogP contribution >= 0.6 is 0 Å². The van der Waals surface area contributed by atoms with E-state index in [9.17, 15) is 5.11 Å². The Morgan fingerprint density at radius 2 is 1.61 bits per heavy atom. The van der Waals surface area contributed by atoms with E-state index in [4.69, 9.17) is 9.41 Å². The molecule has 2 aliphatic carbocycles. The van der Waals surface area contributed by atoms with E-state index in [1.54, 1.807) is 6.33 Å². The molecule has 2 heterocycles. The van der Waals surface area contributed by atoms with Gasteiger partial charge in [-0.2, -0.15) is 0 Å². The van der Waals surface area contributed by atoms with Gasteiger partial charge in [-0.15, -0.1) is 0 Å². The van der Waals surface area contributed by atoms with E-state index in [-0.39, 0.29) is 16.5 Å². The first-order valence-electron chi connectivity index (χ1n) is 13.5. The molecule has 0 spiro atoms. The van der Waals surface area contributed by atoms with Crippen molar-refractivity contribution >= 4 is 35.7 Å². The number of rotatable bonds is 7. The summed E-state index contributed by atoms with van der Waals surface area (Å²) < 4.78 is 9.44. The van der Waals surface area contributed by atoms with Crippen molar-refractivity contribution in [3.63, 3.8) is 0 Å². The van der Waals surface area contributed by atoms with Crippen LogP contribution in [0.3, 0.4) is 0 Å². The number of nitrogens with zero attached hydrogens (tertiary/aromatic N) is 5. The smallest absolute Gasteiger partial charge is 0.261 e. The third-order valence-electron chi connectivity index (χ3n) is 8.80. The highest BCUT2D eigenvalue weighted by Gasteiger charge is 2.67. The van der Waals surface area contributed by atoms with Crippen molar-refractivity contribution in [1.82, 2.24) is 19.5 Å². The summed E-state index contributed by atoms with van der Waals surface area (Å²) in [6, 6.07) is 21.4. The third-order valence-corrected chi connectivity index (χ3v) is 13.8. The topological polar surface area (TPSA) is 76.3 Å². The average Bonchev–Trinajstić information content (AvgIpc) is 3.30. The highest BCUT2D eigenvalue weighted by Crippen LogP contribution is 2.64. The molecule has 2 saturated carbocycles. The predicted molar refractivity (Wildman–Crippen MR) is 153 cm³/mol. The Balaban J connectivity index is 1.34. The number of aliphatic hydroxyl groups is 1. The van der Waals surface area contributed by atoms with Gasteiger partial charge in [0.1, 0.15) is 6.33 Å². The first kappa shape index (κ1) is 25.2. The van der Waals surface area contributed by atoms with E-state index in [0.29, 0.717) is 18.9 Å². The molecule has 0 amide bonds. The van der Waals surface area contributed by atoms with E-state index in [0.717, 1.165) is 23.4 Å². The van der Waals surface area contributed by atoms with Gasteiger partial charge in [-0.05, 0) is 34.2 Å². The highest BCUT2D eigenvalue weighted by atomic mass is 28.4. The van der Waals surface area contributed by atoms with Crippen molar-refractivity contribution in [1.29, 1.82) is 0 Å². The summed E-state index contributed by atoms with van der Waals surface area (Å²) in [5.74, 6) is 1.20. The summed E-state index contributed by atoms with van der Waals surface area (Å²) >= 11 is 0. The normalized spacial score (nSPS) is 24.9. The Morgan fingerprint density at radius 3 is 2.18 bits per heavy atom. The Hall–Kier alpha value is -3.07. The van der Waals surface area contributed by atoms with Gasteiger partial charge in [0.05, 0.1) is 18.0 Å². The van der Waals surface area contributed by atoms with Crippen LogP contribution in [0.1, 0.15) is 33.6 Å². The van der Waals surface area contributed by atoms with E-state index >= 15 is 0 Å². The first-order valence-corrected chi connectivity index (χ1v) is 15.4. The Kier molecular flexibility index (Phi) is 5.97. The summed E-state index contributed by atoms with van der Waals surface area (Å²) in [6.45, 7) is 7.42. The molecule has 7 nitrogen and oxygen atoms in total. The van der Waals surface area contributed by atoms with Crippen LogP contribution in [0.5, 0.6) is 0 Å². The monoisotopic (exact) mass is 527 g/mol. The summed E-state index contributed by atoms with van der Waals surface area (Å²) in [7, 11) is 1.27. The fourth-order valence-electron chi connectivity index (χ4n) is 6.95. The SMILES string of the molecule is CN(C)c1ncnc2c1ncn2[C@@]12C[C@H](O)[C@@H](CO[Si](c3ccccc3)(c3ccccc3)C(C)(C)C)[C@@H]1C2. The molecule has 38 heavy (non-hydrogen) atoms. The fraction of sp³-hybridized carbons (Fsp3) is 0.433. The molecule has 0 aliphatic heterocycles. The molecule has 2 aromatic carbocycles. The lowest BCUT2D eigenvalue weighted by atomic mass is 10.0. The Morgan fingerprint density at radius 1 is 0.974 bits per heavy atom. The molecule has 2 aromatic heterocycles. The van der Waals surface area contributed by atoms with Gasteiger partial charge in [0.2, 0.25) is 0 Å². The van der Waals surface area contributed by atoms with E-state index < -0.39 is 14.4 Å². The van der Waals surface area contributed by atoms with Gasteiger partial charge < -0.3 is 19.0 Å². The molecule has 0 bridgehead atoms. The largest absolute Gasteiger partial charge is 0.407 e. The van der Waals surface area contributed by atoms with E-state index in [2.05, 4.69) is 96.0 Å². The zero-order valence-corrected chi connectivity index (χ0v) is 23.9. The maximum atomic E-state index is 11.4. The van der Waals surface area contributed by atoms with Crippen molar-refractivity contribution < 1.29 is 9.53 Å². The van der Waals surface area contributed by atoms with Gasteiger partial charge in [0, 0.05) is 26.6 Å². The van der Waals surface area contributed by atoms with Crippen LogP contribution in [-0.4, -0.2) is 59.7 Å². The average molecular weight is 528 g/mol. The summed E-state index contributed by atoms with van der Waals surface area (Å²) in [5.41, 5.74) is 1.48. The molecule has 2 aliphatic rings. The summed E-state index contributed by atoms with van der Waals surface area (Å²) in [4.78, 5) is 15.7. The molecular weight excluding hydrogens is 490 g/mol. The molecule has 6 rings (SSSR count). The second-order valence-electron chi connectivity index (χ2n) is 12.2. The van der Waals surface area contributed by atoms with E-state index in [1.165, 1.54) is 10.4 Å². The van der Waals surface area contributed by atoms with Gasteiger partial charge in [0.25, 0.3) is 8.32 Å². The molecule has 0 unspecified atom stereocenters. The second-order valence-corrected chi connectivity index (χ2v) is 16.5. The van der Waals surface area contributed by atoms with Crippen molar-refractivity contribution in [2.24, 2.45) is 11.8 Å². The van der Waals surface area contributed by atoms with Gasteiger partial charge >= 0.3 is 0 Å². The van der Waals surface area contributed by atoms with Crippen molar-refractivity contribution in [3.05, 3.63) is 73.3 Å². The lowest BCUT2D eigenvalue weighted by Crippen LogP contribution is -2.67. The van der Waals surface area contributed by atoms with Crippen molar-refractivity contribution in [3.8, 4) is 0 Å². The number of aliphatic hydroxyl groups excluding tert-OH is 1. The molecule has 4 atom stereocenters. The molecule has 4 aromatic rings. The summed E-state index contributed by atoms with van der Waals surface area (Å²) in [6.07, 6.45) is 4.77. The molecule has 0 radical (unpaired) electrons. The Bertz CT molecular complexity index is 1400. The summed E-state index contributed by atoms with van der Waals surface area (Å²) in [5, 5.41) is 13.8. The van der Waals surface area contributed by atoms with Crippen LogP contribution < -0.4 is 15.3 Å². The molecular formula is C30H37N5O2Si. The maximum absolute atomic E-state index is 11.4. The van der Waals surface area contributed by atoms with Crippen LogP contribution in [0.15, 0.2) is 73.3 Å². The quantitative estimate of drug-likeness (QED) is 0.371. The minimum absolute atomic E-state index is 0.0595. The minimum atomic E-state index is -2.67. The van der Waals surface area contributed by atoms with Crippen LogP contribution in [0.25, 0.3) is 11.2 Å². The fourth-order valence-corrected chi connectivity index (χ4v) is 11.5. The lowest BCUT2D eigenvalue weighted by molar-refractivity contribution is 0.0759. The minimum Gasteiger partial charge on any atom is -0.407 e. The number of hydrogen-bond donors (Lipinski definition) is 1. The van der Waals surface area contributed by atoms with E-state index in [1.807, 2.05) is 25.3 Å². The molecule has 1 N–H and O–H groups in total. The lowest BCUT2D eigenvalue weighted by Gasteiger charge is -2.43. The standard InChI is InChI=1S/C30H37N5O2Si/c1-29(2,3)38(21-12-8-6-9-13-21,22-14-10-7-11-15-22)37-18-23-24-16-30(24,17-25(23)36)35-20-33-26-27(34(4)5)31-19-32-28(26)35/h6-15,19-20,23-25,36H,16-18H2,1-5H3/t23-,24-,25-,30-/m0/s1. The van der Waals surface area contributed by atoms with Crippen molar-refractivity contribution in [2.45, 2.75) is 50.3 Å². The second kappa shape index (κ2) is 9.00. The molecule has 0 saturated heterocycles. The van der Waals surface area contributed by atoms with Gasteiger partial charge in [0.15, 0.2) is 17.0 Å². The zero-order chi connectivity index (χ0) is 26.7. The van der Waals surface area contributed by atoms with Crippen LogP contribution in [0.4, 0.5) is 5.82 Å². The number of benzene rings is 2. The highest BCUT2D eigenvalue weighted by molar-refractivity contribution is 6.99. The van der Waals surface area contributed by atoms with Gasteiger partial charge in [-0.25, -0.2) is 15.0 Å². The van der Waals surface area contributed by atoms with Crippen LogP contribution in [0.2, 0.25) is 5.04 Å². The number of fused-ring (bicyclic) bond motifs is 2. The molecule has 2 fully saturated rings. The van der Waals surface area contributed by atoms with Gasteiger partial charge in [-0.1, -0.05) is 81.4 Å². The van der Waals surface area contributed by atoms with Crippen molar-refractivity contribution in [2.75, 3.05) is 25.6 Å². The number of anilines is 1. The maximum Gasteiger partial charge on any atom is 0.261 e. The van der Waals surface area contributed by atoms with Crippen LogP contribution in [0, 0.1) is 11.8 Å². The third kappa shape index (κ3) is 3.72. The van der Waals surface area contributed by atoms with Crippen LogP contribution in [-0.2, 0) is 9.96 Å².